The number of benzene rings is 1. The van der Waals surface area contributed by atoms with Crippen molar-refractivity contribution >= 4 is 17.6 Å². The number of ether oxygens (including phenoxy) is 1. The Morgan fingerprint density at radius 3 is 2.56 bits per heavy atom. The summed E-state index contributed by atoms with van der Waals surface area (Å²) in [5.74, 6) is 3.87. The molecule has 0 spiro atoms. The van der Waals surface area contributed by atoms with Crippen LogP contribution >= 0.6 is 0 Å². The number of amides is 2. The van der Waals surface area contributed by atoms with Crippen molar-refractivity contribution in [3.05, 3.63) is 46.9 Å². The number of anilines is 1. The Kier molecular flexibility index (Phi) is 4.52. The number of nitrogens with zero attached hydrogens (tertiary/aromatic N) is 3. The summed E-state index contributed by atoms with van der Waals surface area (Å²) < 4.78 is 5.57. The normalized spacial score (nSPS) is 30.5. The molecule has 7 nitrogen and oxygen atoms in total. The average molecular weight is 459 g/mol. The maximum Gasteiger partial charge on any atom is 0.254 e. The molecule has 4 fully saturated rings. The van der Waals surface area contributed by atoms with Gasteiger partial charge in [0, 0.05) is 24.1 Å². The lowest BCUT2D eigenvalue weighted by Gasteiger charge is -2.55. The van der Waals surface area contributed by atoms with Gasteiger partial charge in [0.05, 0.1) is 24.3 Å². The average Bonchev–Trinajstić information content (AvgIpc) is 3.30. The molecule has 7 heteroatoms. The smallest absolute Gasteiger partial charge is 0.254 e. The number of aromatic nitrogens is 2. The zero-order valence-electron chi connectivity index (χ0n) is 19.4. The van der Waals surface area contributed by atoms with E-state index in [1.807, 2.05) is 23.1 Å². The van der Waals surface area contributed by atoms with Gasteiger partial charge in [-0.25, -0.2) is 9.97 Å². The molecular weight excluding hydrogens is 428 g/mol. The van der Waals surface area contributed by atoms with E-state index >= 15 is 0 Å². The van der Waals surface area contributed by atoms with Gasteiger partial charge in [0.15, 0.2) is 0 Å². The van der Waals surface area contributed by atoms with Crippen molar-refractivity contribution in [2.24, 2.45) is 23.2 Å². The van der Waals surface area contributed by atoms with Gasteiger partial charge in [-0.05, 0) is 86.5 Å². The minimum Gasteiger partial charge on any atom is -0.493 e. The van der Waals surface area contributed by atoms with Gasteiger partial charge in [-0.1, -0.05) is 0 Å². The van der Waals surface area contributed by atoms with E-state index in [1.165, 1.54) is 25.6 Å². The number of rotatable bonds is 3. The summed E-state index contributed by atoms with van der Waals surface area (Å²) in [5, 5.41) is 3.22. The van der Waals surface area contributed by atoms with Crippen LogP contribution in [0.25, 0.3) is 0 Å². The molecule has 4 aliphatic carbocycles. The van der Waals surface area contributed by atoms with Crippen LogP contribution in [0.15, 0.2) is 24.5 Å². The molecule has 1 aromatic carbocycles. The number of carbonyl (C=O) groups excluding carboxylic acids is 2. The molecule has 4 saturated carbocycles. The highest BCUT2D eigenvalue weighted by molar-refractivity contribution is 5.96. The van der Waals surface area contributed by atoms with Crippen molar-refractivity contribution in [1.29, 1.82) is 0 Å². The minimum absolute atomic E-state index is 0.0121. The van der Waals surface area contributed by atoms with E-state index < -0.39 is 0 Å². The maximum absolute atomic E-state index is 13.6. The van der Waals surface area contributed by atoms with E-state index in [0.29, 0.717) is 37.5 Å². The summed E-state index contributed by atoms with van der Waals surface area (Å²) in [6, 6.07) is 5.70. The lowest BCUT2D eigenvalue weighted by Crippen LogP contribution is -2.52. The number of hydrogen-bond donors (Lipinski definition) is 1. The molecule has 0 radical (unpaired) electrons. The van der Waals surface area contributed by atoms with E-state index in [4.69, 9.17) is 4.74 Å². The Balaban J connectivity index is 1.09. The number of hydrogen-bond acceptors (Lipinski definition) is 5. The van der Waals surface area contributed by atoms with Crippen molar-refractivity contribution < 1.29 is 14.3 Å². The molecule has 1 aromatic heterocycles. The molecule has 8 rings (SSSR count). The van der Waals surface area contributed by atoms with Crippen LogP contribution in [0, 0.1) is 23.2 Å². The van der Waals surface area contributed by atoms with Crippen LogP contribution in [0.3, 0.4) is 0 Å². The molecule has 0 atom stereocenters. The first-order chi connectivity index (χ1) is 16.6. The SMILES string of the molecule is O=C(c1ccc2c(c1)CCO2)N1CCc2c(ncnc2NC(=O)C23CC4CC(CC(C4)C2)C3)C1. The van der Waals surface area contributed by atoms with Gasteiger partial charge in [0.1, 0.15) is 17.9 Å². The Morgan fingerprint density at radius 1 is 1.03 bits per heavy atom. The van der Waals surface area contributed by atoms with E-state index in [2.05, 4.69) is 15.3 Å². The third-order valence-corrected chi connectivity index (χ3v) is 8.98. The van der Waals surface area contributed by atoms with Crippen LogP contribution in [0.4, 0.5) is 5.82 Å². The zero-order chi connectivity index (χ0) is 22.9. The van der Waals surface area contributed by atoms with Crippen LogP contribution in [-0.4, -0.2) is 39.8 Å². The fourth-order valence-corrected chi connectivity index (χ4v) is 7.77. The van der Waals surface area contributed by atoms with Gasteiger partial charge < -0.3 is 15.0 Å². The summed E-state index contributed by atoms with van der Waals surface area (Å²) >= 11 is 0. The number of nitrogens with one attached hydrogen (secondary N) is 1. The van der Waals surface area contributed by atoms with Gasteiger partial charge in [-0.3, -0.25) is 9.59 Å². The molecule has 0 saturated heterocycles. The summed E-state index contributed by atoms with van der Waals surface area (Å²) in [7, 11) is 0. The van der Waals surface area contributed by atoms with Gasteiger partial charge in [0.25, 0.3) is 5.91 Å². The Bertz CT molecular complexity index is 1160. The zero-order valence-corrected chi connectivity index (χ0v) is 19.4. The molecule has 6 aliphatic rings. The van der Waals surface area contributed by atoms with Crippen molar-refractivity contribution in [3.8, 4) is 5.75 Å². The third kappa shape index (κ3) is 3.23. The first kappa shape index (κ1) is 20.4. The lowest BCUT2D eigenvalue weighted by molar-refractivity contribution is -0.140. The Hall–Kier alpha value is -2.96. The highest BCUT2D eigenvalue weighted by Gasteiger charge is 2.54. The largest absolute Gasteiger partial charge is 0.493 e. The predicted octanol–water partition coefficient (Wildman–Crippen LogP) is 3.76. The fourth-order valence-electron chi connectivity index (χ4n) is 7.77. The van der Waals surface area contributed by atoms with Crippen LogP contribution in [0.1, 0.15) is 65.7 Å². The Labute approximate surface area is 199 Å². The van der Waals surface area contributed by atoms with Gasteiger partial charge in [-0.2, -0.15) is 0 Å². The van der Waals surface area contributed by atoms with E-state index in [9.17, 15) is 9.59 Å². The topological polar surface area (TPSA) is 84.4 Å². The highest BCUT2D eigenvalue weighted by atomic mass is 16.5. The summed E-state index contributed by atoms with van der Waals surface area (Å²) in [6.45, 7) is 1.70. The molecule has 176 valence electrons. The Morgan fingerprint density at radius 2 is 1.79 bits per heavy atom. The first-order valence-corrected chi connectivity index (χ1v) is 12.8. The third-order valence-electron chi connectivity index (χ3n) is 8.98. The molecular formula is C27H30N4O3. The van der Waals surface area contributed by atoms with Crippen molar-refractivity contribution in [2.75, 3.05) is 18.5 Å². The minimum atomic E-state index is -0.208. The molecule has 0 unspecified atom stereocenters. The molecule has 2 aliphatic heterocycles. The van der Waals surface area contributed by atoms with E-state index in [1.54, 1.807) is 0 Å². The van der Waals surface area contributed by atoms with Gasteiger partial charge in [0.2, 0.25) is 5.91 Å². The van der Waals surface area contributed by atoms with Crippen LogP contribution in [0.2, 0.25) is 0 Å². The quantitative estimate of drug-likeness (QED) is 0.757. The van der Waals surface area contributed by atoms with Crippen LogP contribution in [-0.2, 0) is 24.2 Å². The van der Waals surface area contributed by atoms with Crippen LogP contribution < -0.4 is 10.1 Å². The van der Waals surface area contributed by atoms with Crippen LogP contribution in [0.5, 0.6) is 5.75 Å². The number of fused-ring (bicyclic) bond motifs is 2. The van der Waals surface area contributed by atoms with E-state index in [-0.39, 0.29) is 17.2 Å². The standard InChI is InChI=1S/C27H30N4O3/c32-25(20-1-2-23-19(10-20)4-6-34-23)31-5-3-21-22(14-31)28-15-29-24(21)30-26(33)27-11-16-7-17(12-27)9-18(8-16)13-27/h1-2,10,15-18H,3-9,11-14H2,(H,28,29,30,33). The molecule has 2 amide bonds. The lowest BCUT2D eigenvalue weighted by atomic mass is 9.49. The maximum atomic E-state index is 13.6. The summed E-state index contributed by atoms with van der Waals surface area (Å²) in [4.78, 5) is 37.6. The van der Waals surface area contributed by atoms with E-state index in [0.717, 1.165) is 66.0 Å². The molecule has 3 heterocycles. The monoisotopic (exact) mass is 458 g/mol. The molecule has 4 bridgehead atoms. The molecule has 34 heavy (non-hydrogen) atoms. The second-order valence-electron chi connectivity index (χ2n) is 11.2. The van der Waals surface area contributed by atoms with Crippen molar-refractivity contribution in [3.63, 3.8) is 0 Å². The van der Waals surface area contributed by atoms with Gasteiger partial charge in [-0.15, -0.1) is 0 Å². The second kappa shape index (κ2) is 7.52. The second-order valence-corrected chi connectivity index (χ2v) is 11.2. The first-order valence-electron chi connectivity index (χ1n) is 12.8. The summed E-state index contributed by atoms with van der Waals surface area (Å²) in [6.07, 6.45) is 10.1. The summed E-state index contributed by atoms with van der Waals surface area (Å²) in [5.41, 5.74) is 3.39. The predicted molar refractivity (Wildman–Crippen MR) is 125 cm³/mol. The highest BCUT2D eigenvalue weighted by Crippen LogP contribution is 2.60. The fraction of sp³-hybridized carbons (Fsp3) is 0.556. The number of carbonyl (C=O) groups is 2. The van der Waals surface area contributed by atoms with Crippen molar-refractivity contribution in [1.82, 2.24) is 14.9 Å². The molecule has 1 N–H and O–H groups in total. The molecule has 2 aromatic rings. The van der Waals surface area contributed by atoms with Crippen molar-refractivity contribution in [2.45, 2.75) is 57.9 Å². The van der Waals surface area contributed by atoms with Gasteiger partial charge >= 0.3 is 0 Å².